The summed E-state index contributed by atoms with van der Waals surface area (Å²) in [6, 6.07) is 7.37. The van der Waals surface area contributed by atoms with Gasteiger partial charge >= 0.3 is 12.2 Å². The molecule has 3 atom stereocenters. The number of aliphatic hydroxyl groups excluding tert-OH is 1. The molecule has 3 N–H and O–H groups in total. The molecule has 2 aromatic carbocycles. The second-order valence-corrected chi connectivity index (χ2v) is 12.0. The molecule has 0 bridgehead atoms. The molecule has 1 aliphatic rings. The summed E-state index contributed by atoms with van der Waals surface area (Å²) >= 11 is 0. The summed E-state index contributed by atoms with van der Waals surface area (Å²) in [6.07, 6.45) is -4.17. The number of hydrogen-bond donors (Lipinski definition) is 3. The number of hydrogen-bond acceptors (Lipinski definition) is 6. The van der Waals surface area contributed by atoms with E-state index in [1.807, 2.05) is 6.92 Å². The zero-order chi connectivity index (χ0) is 29.8. The number of nitrogens with one attached hydrogen (secondary N) is 2. The predicted octanol–water partition coefficient (Wildman–Crippen LogP) is 3.39. The Morgan fingerprint density at radius 3 is 2.35 bits per heavy atom. The minimum absolute atomic E-state index is 0.0184. The van der Waals surface area contributed by atoms with Gasteiger partial charge in [0.2, 0.25) is 15.9 Å². The summed E-state index contributed by atoms with van der Waals surface area (Å²) < 4.78 is 69.9. The third-order valence-electron chi connectivity index (χ3n) is 6.65. The summed E-state index contributed by atoms with van der Waals surface area (Å²) in [5.74, 6) is -0.263. The van der Waals surface area contributed by atoms with Gasteiger partial charge in [-0.2, -0.15) is 13.2 Å². The summed E-state index contributed by atoms with van der Waals surface area (Å²) in [6.45, 7) is 3.50. The van der Waals surface area contributed by atoms with Crippen molar-refractivity contribution in [2.75, 3.05) is 43.6 Å². The van der Waals surface area contributed by atoms with Gasteiger partial charge in [-0.1, -0.05) is 6.92 Å². The molecule has 1 heterocycles. The first kappa shape index (κ1) is 31.2. The van der Waals surface area contributed by atoms with Crippen molar-refractivity contribution in [1.29, 1.82) is 0 Å². The van der Waals surface area contributed by atoms with Crippen LogP contribution in [-0.2, 0) is 27.4 Å². The molecule has 14 heteroatoms. The topological polar surface area (TPSA) is 128 Å². The van der Waals surface area contributed by atoms with E-state index in [1.165, 1.54) is 24.1 Å². The number of halogens is 3. The van der Waals surface area contributed by atoms with Crippen LogP contribution < -0.4 is 15.4 Å². The highest BCUT2D eigenvalue weighted by molar-refractivity contribution is 7.88. The Kier molecular flexibility index (Phi) is 9.69. The van der Waals surface area contributed by atoms with E-state index in [0.29, 0.717) is 17.0 Å². The van der Waals surface area contributed by atoms with Crippen LogP contribution in [0.25, 0.3) is 0 Å². The number of nitrogens with zero attached hydrogens (tertiary/aromatic N) is 2. The second kappa shape index (κ2) is 12.4. The zero-order valence-corrected chi connectivity index (χ0v) is 23.3. The highest BCUT2D eigenvalue weighted by Gasteiger charge is 2.32. The molecular weight excluding hydrogens is 553 g/mol. The molecular formula is C26H33F3N4O6S. The first-order chi connectivity index (χ1) is 18.6. The smallest absolute Gasteiger partial charge is 0.416 e. The summed E-state index contributed by atoms with van der Waals surface area (Å²) in [4.78, 5) is 27.3. The largest absolute Gasteiger partial charge is 0.488 e. The molecule has 0 spiro atoms. The number of aliphatic hydroxyl groups is 1. The number of likely N-dealkylation sites (N-methyl/N-ethyl adjacent to an activating group) is 1. The molecule has 10 nitrogen and oxygen atoms in total. The predicted molar refractivity (Wildman–Crippen MR) is 144 cm³/mol. The zero-order valence-electron chi connectivity index (χ0n) is 22.5. The van der Waals surface area contributed by atoms with Gasteiger partial charge in [0.05, 0.1) is 37.4 Å². The normalized spacial score (nSPS) is 19.1. The number of urea groups is 1. The summed E-state index contributed by atoms with van der Waals surface area (Å²) in [7, 11) is -2.08. The van der Waals surface area contributed by atoms with E-state index in [9.17, 15) is 36.3 Å². The van der Waals surface area contributed by atoms with Gasteiger partial charge < -0.3 is 25.4 Å². The van der Waals surface area contributed by atoms with Crippen LogP contribution in [0.4, 0.5) is 29.3 Å². The third kappa shape index (κ3) is 8.08. The maximum absolute atomic E-state index is 13.3. The lowest BCUT2D eigenvalue weighted by Crippen LogP contribution is -2.48. The van der Waals surface area contributed by atoms with Crippen molar-refractivity contribution in [2.24, 2.45) is 5.92 Å². The molecule has 0 saturated heterocycles. The number of rotatable bonds is 7. The number of benzene rings is 2. The molecule has 40 heavy (non-hydrogen) atoms. The number of amides is 3. The molecule has 0 saturated carbocycles. The highest BCUT2D eigenvalue weighted by Crippen LogP contribution is 2.31. The second-order valence-electron chi connectivity index (χ2n) is 9.91. The lowest BCUT2D eigenvalue weighted by molar-refractivity contribution is -0.137. The molecule has 0 unspecified atom stereocenters. The number of anilines is 2. The Bertz CT molecular complexity index is 1320. The van der Waals surface area contributed by atoms with Crippen LogP contribution in [0, 0.1) is 5.92 Å². The molecule has 0 aliphatic carbocycles. The van der Waals surface area contributed by atoms with E-state index in [4.69, 9.17) is 4.74 Å². The maximum atomic E-state index is 13.3. The number of alkyl halides is 3. The van der Waals surface area contributed by atoms with Crippen LogP contribution in [0.5, 0.6) is 5.75 Å². The van der Waals surface area contributed by atoms with Gasteiger partial charge in [0.25, 0.3) is 0 Å². The van der Waals surface area contributed by atoms with E-state index in [2.05, 4.69) is 10.6 Å². The SMILES string of the molecule is C[C@@H]1CN([C@@H](C)CO)C(=O)Cc2cc(NC(=O)Nc3ccc(C(F)(F)F)cc3)ccc2O[C@@H]1CN(C)S(C)(=O)=O. The van der Waals surface area contributed by atoms with Crippen molar-refractivity contribution < 1.29 is 41.0 Å². The van der Waals surface area contributed by atoms with E-state index in [0.717, 1.165) is 34.8 Å². The summed E-state index contributed by atoms with van der Waals surface area (Å²) in [5, 5.41) is 14.8. The quantitative estimate of drug-likeness (QED) is 0.457. The van der Waals surface area contributed by atoms with E-state index in [1.54, 1.807) is 13.0 Å². The summed E-state index contributed by atoms with van der Waals surface area (Å²) in [5.41, 5.74) is 0.0137. The fourth-order valence-corrected chi connectivity index (χ4v) is 4.57. The van der Waals surface area contributed by atoms with Gasteiger partial charge in [0.1, 0.15) is 11.9 Å². The van der Waals surface area contributed by atoms with Gasteiger partial charge in [-0.15, -0.1) is 0 Å². The lowest BCUT2D eigenvalue weighted by atomic mass is 10.0. The van der Waals surface area contributed by atoms with Crippen molar-refractivity contribution in [1.82, 2.24) is 9.21 Å². The van der Waals surface area contributed by atoms with Gasteiger partial charge in [-0.05, 0) is 49.4 Å². The van der Waals surface area contributed by atoms with Crippen LogP contribution in [-0.4, -0.2) is 79.8 Å². The van der Waals surface area contributed by atoms with Crippen LogP contribution in [0.15, 0.2) is 42.5 Å². The first-order valence-electron chi connectivity index (χ1n) is 12.4. The standard InChI is InChI=1S/C26H33F3N4O6S/c1-16-13-33(17(2)15-34)24(35)12-18-11-21(9-10-22(18)39-23(16)14-32(3)40(4,37)38)31-25(36)30-20-7-5-19(6-8-20)26(27,28)29/h5-11,16-17,23,34H,12-15H2,1-4H3,(H2,30,31,36)/t16-,17+,23-/m1/s1. The minimum atomic E-state index is -4.50. The number of carbonyl (C=O) groups excluding carboxylic acids is 2. The number of fused-ring (bicyclic) bond motifs is 1. The first-order valence-corrected chi connectivity index (χ1v) is 14.3. The minimum Gasteiger partial charge on any atom is -0.488 e. The average molecular weight is 587 g/mol. The van der Waals surface area contributed by atoms with E-state index >= 15 is 0 Å². The van der Waals surface area contributed by atoms with Crippen molar-refractivity contribution in [3.05, 3.63) is 53.6 Å². The Labute approximate surface area is 231 Å². The maximum Gasteiger partial charge on any atom is 0.416 e. The molecule has 0 radical (unpaired) electrons. The number of sulfonamides is 1. The molecule has 3 amide bonds. The Balaban J connectivity index is 1.86. The Morgan fingerprint density at radius 1 is 1.18 bits per heavy atom. The van der Waals surface area contributed by atoms with Gasteiger partial charge in [-0.25, -0.2) is 17.5 Å². The molecule has 2 aromatic rings. The average Bonchev–Trinajstić information content (AvgIpc) is 2.90. The van der Waals surface area contributed by atoms with Gasteiger partial charge in [0, 0.05) is 36.4 Å². The number of carbonyl (C=O) groups is 2. The van der Waals surface area contributed by atoms with Crippen molar-refractivity contribution >= 4 is 33.3 Å². The van der Waals surface area contributed by atoms with Crippen LogP contribution in [0.1, 0.15) is 25.0 Å². The molecule has 220 valence electrons. The monoisotopic (exact) mass is 586 g/mol. The lowest BCUT2D eigenvalue weighted by Gasteiger charge is -2.33. The van der Waals surface area contributed by atoms with E-state index < -0.39 is 39.9 Å². The fourth-order valence-electron chi connectivity index (χ4n) is 4.15. The van der Waals surface area contributed by atoms with Crippen LogP contribution >= 0.6 is 0 Å². The molecule has 3 rings (SSSR count). The molecule has 0 aromatic heterocycles. The molecule has 1 aliphatic heterocycles. The third-order valence-corrected chi connectivity index (χ3v) is 7.93. The molecule has 0 fully saturated rings. The van der Waals surface area contributed by atoms with Crippen molar-refractivity contribution in [2.45, 2.75) is 38.6 Å². The fraction of sp³-hybridized carbons (Fsp3) is 0.462. The number of ether oxygens (including phenoxy) is 1. The van der Waals surface area contributed by atoms with Gasteiger partial charge in [-0.3, -0.25) is 4.79 Å². The van der Waals surface area contributed by atoms with Gasteiger partial charge in [0.15, 0.2) is 0 Å². The van der Waals surface area contributed by atoms with Crippen LogP contribution in [0.2, 0.25) is 0 Å². The Morgan fingerprint density at radius 2 is 1.77 bits per heavy atom. The van der Waals surface area contributed by atoms with Crippen molar-refractivity contribution in [3.8, 4) is 5.75 Å². The Hall–Kier alpha value is -3.36. The van der Waals surface area contributed by atoms with E-state index in [-0.39, 0.29) is 43.6 Å². The highest BCUT2D eigenvalue weighted by atomic mass is 32.2. The van der Waals surface area contributed by atoms with Crippen LogP contribution in [0.3, 0.4) is 0 Å². The van der Waals surface area contributed by atoms with Crippen molar-refractivity contribution in [3.63, 3.8) is 0 Å².